The van der Waals surface area contributed by atoms with E-state index < -0.39 is 0 Å². The standard InChI is InChI=1S/C20H27N3O3.HI/c1-21-20(23-13-14-26-17-7-5-4-6-8-17)22-12-11-16-9-10-18(24-2)19(15-16)25-3;/h4-10,15H,11-14H2,1-3H3,(H2,21,22,23);1H. The number of hydrogen-bond acceptors (Lipinski definition) is 4. The number of nitrogens with one attached hydrogen (secondary N) is 2. The van der Waals surface area contributed by atoms with Gasteiger partial charge in [-0.25, -0.2) is 0 Å². The third-order valence-corrected chi connectivity index (χ3v) is 3.78. The highest BCUT2D eigenvalue weighted by Crippen LogP contribution is 2.27. The molecule has 2 aromatic rings. The molecule has 0 saturated carbocycles. The highest BCUT2D eigenvalue weighted by atomic mass is 127. The molecule has 148 valence electrons. The van der Waals surface area contributed by atoms with Crippen LogP contribution in [0.3, 0.4) is 0 Å². The minimum absolute atomic E-state index is 0. The van der Waals surface area contributed by atoms with Gasteiger partial charge in [0.2, 0.25) is 0 Å². The molecule has 0 heterocycles. The number of halogens is 1. The first kappa shape index (κ1) is 22.9. The lowest BCUT2D eigenvalue weighted by molar-refractivity contribution is 0.322. The fraction of sp³-hybridized carbons (Fsp3) is 0.350. The average Bonchev–Trinajstić information content (AvgIpc) is 2.70. The summed E-state index contributed by atoms with van der Waals surface area (Å²) in [6.07, 6.45) is 0.849. The van der Waals surface area contributed by atoms with Crippen molar-refractivity contribution in [1.29, 1.82) is 0 Å². The number of benzene rings is 2. The molecular formula is C20H28IN3O3. The van der Waals surface area contributed by atoms with Crippen molar-refractivity contribution in [2.75, 3.05) is 41.0 Å². The lowest BCUT2D eigenvalue weighted by Gasteiger charge is -2.13. The average molecular weight is 485 g/mol. The summed E-state index contributed by atoms with van der Waals surface area (Å²) in [7, 11) is 5.03. The molecule has 0 aliphatic rings. The zero-order valence-corrected chi connectivity index (χ0v) is 18.4. The van der Waals surface area contributed by atoms with Crippen LogP contribution in [0.5, 0.6) is 17.2 Å². The maximum Gasteiger partial charge on any atom is 0.191 e. The van der Waals surface area contributed by atoms with Crippen LogP contribution in [0, 0.1) is 0 Å². The first-order chi connectivity index (χ1) is 12.8. The molecule has 0 amide bonds. The van der Waals surface area contributed by atoms with Gasteiger partial charge in [-0.05, 0) is 36.2 Å². The normalized spacial score (nSPS) is 10.6. The molecule has 0 aliphatic carbocycles. The number of para-hydroxylation sites is 1. The maximum absolute atomic E-state index is 5.65. The van der Waals surface area contributed by atoms with E-state index in [1.54, 1.807) is 21.3 Å². The quantitative estimate of drug-likeness (QED) is 0.248. The minimum atomic E-state index is 0. The van der Waals surface area contributed by atoms with Gasteiger partial charge in [-0.15, -0.1) is 24.0 Å². The van der Waals surface area contributed by atoms with Crippen molar-refractivity contribution in [2.24, 2.45) is 4.99 Å². The molecule has 0 aromatic heterocycles. The zero-order valence-electron chi connectivity index (χ0n) is 16.0. The summed E-state index contributed by atoms with van der Waals surface area (Å²) >= 11 is 0. The Bertz CT molecular complexity index is 696. The monoisotopic (exact) mass is 485 g/mol. The summed E-state index contributed by atoms with van der Waals surface area (Å²) in [5.74, 6) is 3.10. The van der Waals surface area contributed by atoms with E-state index in [0.717, 1.165) is 41.7 Å². The van der Waals surface area contributed by atoms with Crippen molar-refractivity contribution in [1.82, 2.24) is 10.6 Å². The van der Waals surface area contributed by atoms with Crippen molar-refractivity contribution < 1.29 is 14.2 Å². The van der Waals surface area contributed by atoms with Gasteiger partial charge in [-0.3, -0.25) is 4.99 Å². The first-order valence-electron chi connectivity index (χ1n) is 8.60. The Kier molecular flexibility index (Phi) is 11.1. The molecule has 27 heavy (non-hydrogen) atoms. The van der Waals surface area contributed by atoms with Crippen molar-refractivity contribution in [3.05, 3.63) is 54.1 Å². The number of rotatable bonds is 9. The largest absolute Gasteiger partial charge is 0.493 e. The van der Waals surface area contributed by atoms with Crippen LogP contribution in [0.4, 0.5) is 0 Å². The van der Waals surface area contributed by atoms with Gasteiger partial charge in [-0.2, -0.15) is 0 Å². The molecule has 0 fully saturated rings. The highest BCUT2D eigenvalue weighted by Gasteiger charge is 2.05. The molecule has 0 radical (unpaired) electrons. The molecule has 0 atom stereocenters. The summed E-state index contributed by atoms with van der Waals surface area (Å²) in [5, 5.41) is 6.53. The van der Waals surface area contributed by atoms with Crippen LogP contribution in [-0.2, 0) is 6.42 Å². The molecule has 0 bridgehead atoms. The second-order valence-corrected chi connectivity index (χ2v) is 5.53. The van der Waals surface area contributed by atoms with Crippen molar-refractivity contribution in [3.8, 4) is 17.2 Å². The predicted molar refractivity (Wildman–Crippen MR) is 120 cm³/mol. The first-order valence-corrected chi connectivity index (χ1v) is 8.60. The summed E-state index contributed by atoms with van der Waals surface area (Å²) in [6, 6.07) is 15.7. The van der Waals surface area contributed by atoms with Crippen LogP contribution in [0.1, 0.15) is 5.56 Å². The fourth-order valence-corrected chi connectivity index (χ4v) is 2.44. The number of hydrogen-bond donors (Lipinski definition) is 2. The van der Waals surface area contributed by atoms with E-state index in [0.29, 0.717) is 13.2 Å². The number of aliphatic imine (C=N–C) groups is 1. The number of nitrogens with zero attached hydrogens (tertiary/aromatic N) is 1. The van der Waals surface area contributed by atoms with E-state index in [-0.39, 0.29) is 24.0 Å². The Morgan fingerprint density at radius 1 is 0.926 bits per heavy atom. The van der Waals surface area contributed by atoms with Gasteiger partial charge in [-0.1, -0.05) is 24.3 Å². The van der Waals surface area contributed by atoms with Crippen molar-refractivity contribution >= 4 is 29.9 Å². The molecule has 2 aromatic carbocycles. The Morgan fingerprint density at radius 3 is 2.30 bits per heavy atom. The Morgan fingerprint density at radius 2 is 1.63 bits per heavy atom. The SMILES string of the molecule is CN=C(NCCOc1ccccc1)NCCc1ccc(OC)c(OC)c1.I. The van der Waals surface area contributed by atoms with Crippen LogP contribution in [0.25, 0.3) is 0 Å². The van der Waals surface area contributed by atoms with Crippen LogP contribution in [-0.4, -0.2) is 46.9 Å². The van der Waals surface area contributed by atoms with Crippen LogP contribution >= 0.6 is 24.0 Å². The smallest absolute Gasteiger partial charge is 0.191 e. The Balaban J connectivity index is 0.00000364. The van der Waals surface area contributed by atoms with Gasteiger partial charge in [0.05, 0.1) is 20.8 Å². The van der Waals surface area contributed by atoms with E-state index in [1.165, 1.54) is 0 Å². The zero-order chi connectivity index (χ0) is 18.6. The Hall–Kier alpha value is -2.16. The van der Waals surface area contributed by atoms with Gasteiger partial charge < -0.3 is 24.8 Å². The summed E-state index contributed by atoms with van der Waals surface area (Å²) < 4.78 is 16.2. The third-order valence-electron chi connectivity index (χ3n) is 3.78. The maximum atomic E-state index is 5.65. The van der Waals surface area contributed by atoms with Gasteiger partial charge in [0.1, 0.15) is 12.4 Å². The van der Waals surface area contributed by atoms with Crippen molar-refractivity contribution in [2.45, 2.75) is 6.42 Å². The molecular weight excluding hydrogens is 457 g/mol. The Labute approximate surface area is 178 Å². The summed E-state index contributed by atoms with van der Waals surface area (Å²) in [4.78, 5) is 4.22. The van der Waals surface area contributed by atoms with Crippen LogP contribution in [0.15, 0.2) is 53.5 Å². The number of guanidine groups is 1. The second kappa shape index (κ2) is 13.1. The fourth-order valence-electron chi connectivity index (χ4n) is 2.44. The van der Waals surface area contributed by atoms with Gasteiger partial charge in [0.15, 0.2) is 17.5 Å². The minimum Gasteiger partial charge on any atom is -0.493 e. The molecule has 0 spiro atoms. The van der Waals surface area contributed by atoms with Gasteiger partial charge >= 0.3 is 0 Å². The molecule has 2 rings (SSSR count). The van der Waals surface area contributed by atoms with Gasteiger partial charge in [0.25, 0.3) is 0 Å². The second-order valence-electron chi connectivity index (χ2n) is 5.53. The van der Waals surface area contributed by atoms with E-state index >= 15 is 0 Å². The molecule has 0 aliphatic heterocycles. The highest BCUT2D eigenvalue weighted by molar-refractivity contribution is 14.0. The van der Waals surface area contributed by atoms with E-state index in [1.807, 2.05) is 48.5 Å². The molecule has 6 nitrogen and oxygen atoms in total. The topological polar surface area (TPSA) is 64.1 Å². The van der Waals surface area contributed by atoms with Crippen LogP contribution in [0.2, 0.25) is 0 Å². The lowest BCUT2D eigenvalue weighted by Crippen LogP contribution is -2.40. The molecule has 7 heteroatoms. The van der Waals surface area contributed by atoms with E-state index in [4.69, 9.17) is 14.2 Å². The van der Waals surface area contributed by atoms with E-state index in [9.17, 15) is 0 Å². The van der Waals surface area contributed by atoms with Crippen molar-refractivity contribution in [3.63, 3.8) is 0 Å². The third kappa shape index (κ3) is 7.94. The van der Waals surface area contributed by atoms with E-state index in [2.05, 4.69) is 15.6 Å². The molecule has 2 N–H and O–H groups in total. The number of methoxy groups -OCH3 is 2. The molecule has 0 saturated heterocycles. The van der Waals surface area contributed by atoms with Gasteiger partial charge in [0, 0.05) is 13.6 Å². The summed E-state index contributed by atoms with van der Waals surface area (Å²) in [5.41, 5.74) is 1.16. The van der Waals surface area contributed by atoms with Crippen LogP contribution < -0.4 is 24.8 Å². The molecule has 0 unspecified atom stereocenters. The lowest BCUT2D eigenvalue weighted by atomic mass is 10.1. The summed E-state index contributed by atoms with van der Waals surface area (Å²) in [6.45, 7) is 2.00. The predicted octanol–water partition coefficient (Wildman–Crippen LogP) is 3.11. The number of ether oxygens (including phenoxy) is 3.